The van der Waals surface area contributed by atoms with E-state index in [0.717, 1.165) is 17.6 Å². The zero-order valence-electron chi connectivity index (χ0n) is 11.6. The van der Waals surface area contributed by atoms with Gasteiger partial charge in [0.05, 0.1) is 17.3 Å². The Hall–Kier alpha value is -2.19. The highest BCUT2D eigenvalue weighted by Gasteiger charge is 2.11. The molecule has 2 aromatic carbocycles. The molecule has 0 amide bonds. The van der Waals surface area contributed by atoms with Crippen molar-refractivity contribution in [2.24, 2.45) is 0 Å². The Morgan fingerprint density at radius 2 is 1.65 bits per heavy atom. The summed E-state index contributed by atoms with van der Waals surface area (Å²) in [4.78, 5) is 4.78. The van der Waals surface area contributed by atoms with E-state index in [1.54, 1.807) is 0 Å². The van der Waals surface area contributed by atoms with Crippen molar-refractivity contribution in [3.8, 4) is 0 Å². The first kappa shape index (κ1) is 12.8. The molecule has 3 aromatic rings. The highest BCUT2D eigenvalue weighted by Crippen LogP contribution is 2.19. The Balaban J connectivity index is 1.91. The summed E-state index contributed by atoms with van der Waals surface area (Å²) in [6.07, 6.45) is 0.947. The average molecular weight is 262 g/mol. The molecule has 0 aliphatic heterocycles. The van der Waals surface area contributed by atoms with E-state index in [0.29, 0.717) is 0 Å². The summed E-state index contributed by atoms with van der Waals surface area (Å²) in [7, 11) is 1.99. The molecule has 3 rings (SSSR count). The quantitative estimate of drug-likeness (QED) is 0.774. The molecule has 0 saturated heterocycles. The lowest BCUT2D eigenvalue weighted by molar-refractivity contribution is 0.578. The molecule has 1 aromatic heterocycles. The average Bonchev–Trinajstić information content (AvgIpc) is 2.53. The summed E-state index contributed by atoms with van der Waals surface area (Å²) in [5, 5.41) is 4.55. The Morgan fingerprint density at radius 1 is 0.900 bits per heavy atom. The van der Waals surface area contributed by atoms with Crippen LogP contribution in [0.4, 0.5) is 0 Å². The van der Waals surface area contributed by atoms with Gasteiger partial charge in [0.25, 0.3) is 0 Å². The molecule has 1 heterocycles. The van der Waals surface area contributed by atoms with Crippen molar-refractivity contribution >= 4 is 10.9 Å². The Labute approximate surface area is 119 Å². The van der Waals surface area contributed by atoms with E-state index in [4.69, 9.17) is 4.98 Å². The molecule has 0 spiro atoms. The summed E-state index contributed by atoms with van der Waals surface area (Å²) in [6, 6.07) is 23.3. The SMILES string of the molecule is CNC(Cc1ccccc1)c1ccc2ccccc2n1. The minimum Gasteiger partial charge on any atom is -0.311 e. The lowest BCUT2D eigenvalue weighted by atomic mass is 10.0. The van der Waals surface area contributed by atoms with E-state index in [2.05, 4.69) is 53.8 Å². The lowest BCUT2D eigenvalue weighted by Crippen LogP contribution is -2.20. The fourth-order valence-corrected chi connectivity index (χ4v) is 2.48. The minimum absolute atomic E-state index is 0.238. The molecular weight excluding hydrogens is 244 g/mol. The van der Waals surface area contributed by atoms with Crippen molar-refractivity contribution in [1.29, 1.82) is 0 Å². The number of aromatic nitrogens is 1. The van der Waals surface area contributed by atoms with E-state index < -0.39 is 0 Å². The van der Waals surface area contributed by atoms with Crippen LogP contribution in [0.5, 0.6) is 0 Å². The van der Waals surface area contributed by atoms with Gasteiger partial charge in [-0.15, -0.1) is 0 Å². The highest BCUT2D eigenvalue weighted by atomic mass is 14.9. The lowest BCUT2D eigenvalue weighted by Gasteiger charge is -2.16. The van der Waals surface area contributed by atoms with E-state index in [9.17, 15) is 0 Å². The number of nitrogens with zero attached hydrogens (tertiary/aromatic N) is 1. The molecule has 100 valence electrons. The standard InChI is InChI=1S/C18H18N2/c1-19-18(13-14-7-3-2-4-8-14)17-12-11-15-9-5-6-10-16(15)20-17/h2-12,18-19H,13H2,1H3. The van der Waals surface area contributed by atoms with Crippen molar-refractivity contribution in [1.82, 2.24) is 10.3 Å². The van der Waals surface area contributed by atoms with Crippen LogP contribution < -0.4 is 5.32 Å². The third kappa shape index (κ3) is 2.70. The monoisotopic (exact) mass is 262 g/mol. The second kappa shape index (κ2) is 5.85. The summed E-state index contributed by atoms with van der Waals surface area (Å²) in [5.41, 5.74) is 3.47. The van der Waals surface area contributed by atoms with Crippen molar-refractivity contribution in [3.63, 3.8) is 0 Å². The van der Waals surface area contributed by atoms with Crippen LogP contribution in [0.15, 0.2) is 66.7 Å². The largest absolute Gasteiger partial charge is 0.311 e. The first-order chi connectivity index (χ1) is 9.86. The van der Waals surface area contributed by atoms with Gasteiger partial charge in [-0.05, 0) is 31.2 Å². The van der Waals surface area contributed by atoms with E-state index in [1.165, 1.54) is 10.9 Å². The molecule has 0 saturated carbocycles. The van der Waals surface area contributed by atoms with Gasteiger partial charge in [0.1, 0.15) is 0 Å². The van der Waals surface area contributed by atoms with Gasteiger partial charge < -0.3 is 5.32 Å². The van der Waals surface area contributed by atoms with Gasteiger partial charge in [0, 0.05) is 5.39 Å². The number of hydrogen-bond donors (Lipinski definition) is 1. The zero-order chi connectivity index (χ0) is 13.8. The molecule has 0 fully saturated rings. The molecule has 1 unspecified atom stereocenters. The van der Waals surface area contributed by atoms with Gasteiger partial charge in [0.15, 0.2) is 0 Å². The van der Waals surface area contributed by atoms with Crippen molar-refractivity contribution in [2.75, 3.05) is 7.05 Å². The van der Waals surface area contributed by atoms with Crippen LogP contribution in [-0.2, 0) is 6.42 Å². The molecule has 2 heteroatoms. The molecular formula is C18H18N2. The Kier molecular flexibility index (Phi) is 3.75. The van der Waals surface area contributed by atoms with Gasteiger partial charge in [0.2, 0.25) is 0 Å². The first-order valence-corrected chi connectivity index (χ1v) is 6.94. The van der Waals surface area contributed by atoms with Crippen LogP contribution in [0.25, 0.3) is 10.9 Å². The first-order valence-electron chi connectivity index (χ1n) is 6.94. The van der Waals surface area contributed by atoms with E-state index in [1.807, 2.05) is 25.2 Å². The van der Waals surface area contributed by atoms with E-state index in [-0.39, 0.29) is 6.04 Å². The zero-order valence-corrected chi connectivity index (χ0v) is 11.6. The molecule has 0 aliphatic carbocycles. The van der Waals surface area contributed by atoms with Gasteiger partial charge in [-0.25, -0.2) is 0 Å². The number of pyridine rings is 1. The predicted molar refractivity (Wildman–Crippen MR) is 83.7 cm³/mol. The van der Waals surface area contributed by atoms with E-state index >= 15 is 0 Å². The number of likely N-dealkylation sites (N-methyl/N-ethyl adjacent to an activating group) is 1. The summed E-state index contributed by atoms with van der Waals surface area (Å²) >= 11 is 0. The smallest absolute Gasteiger partial charge is 0.0706 e. The van der Waals surface area contributed by atoms with Crippen LogP contribution in [0, 0.1) is 0 Å². The summed E-state index contributed by atoms with van der Waals surface area (Å²) < 4.78 is 0. The fourth-order valence-electron chi connectivity index (χ4n) is 2.48. The number of rotatable bonds is 4. The predicted octanol–water partition coefficient (Wildman–Crippen LogP) is 3.74. The Morgan fingerprint density at radius 3 is 2.45 bits per heavy atom. The molecule has 20 heavy (non-hydrogen) atoms. The normalized spacial score (nSPS) is 12.4. The van der Waals surface area contributed by atoms with Gasteiger partial charge >= 0.3 is 0 Å². The third-order valence-corrected chi connectivity index (χ3v) is 3.61. The van der Waals surface area contributed by atoms with Crippen LogP contribution in [0.1, 0.15) is 17.3 Å². The highest BCUT2D eigenvalue weighted by molar-refractivity contribution is 5.78. The summed E-state index contributed by atoms with van der Waals surface area (Å²) in [5.74, 6) is 0. The van der Waals surface area contributed by atoms with Crippen LogP contribution in [-0.4, -0.2) is 12.0 Å². The topological polar surface area (TPSA) is 24.9 Å². The molecule has 0 radical (unpaired) electrons. The number of para-hydroxylation sites is 1. The van der Waals surface area contributed by atoms with Gasteiger partial charge in [-0.1, -0.05) is 54.6 Å². The number of benzene rings is 2. The maximum atomic E-state index is 4.78. The third-order valence-electron chi connectivity index (χ3n) is 3.61. The number of fused-ring (bicyclic) bond motifs is 1. The molecule has 0 aliphatic rings. The molecule has 1 N–H and O–H groups in total. The minimum atomic E-state index is 0.238. The summed E-state index contributed by atoms with van der Waals surface area (Å²) in [6.45, 7) is 0. The molecule has 2 nitrogen and oxygen atoms in total. The molecule has 1 atom stereocenters. The van der Waals surface area contributed by atoms with Crippen molar-refractivity contribution < 1.29 is 0 Å². The van der Waals surface area contributed by atoms with Gasteiger partial charge in [-0.2, -0.15) is 0 Å². The van der Waals surface area contributed by atoms with Gasteiger partial charge in [-0.3, -0.25) is 4.98 Å². The maximum Gasteiger partial charge on any atom is 0.0706 e. The Bertz CT molecular complexity index is 692. The fraction of sp³-hybridized carbons (Fsp3) is 0.167. The van der Waals surface area contributed by atoms with Crippen LogP contribution >= 0.6 is 0 Å². The van der Waals surface area contributed by atoms with Crippen molar-refractivity contribution in [3.05, 3.63) is 78.0 Å². The number of nitrogens with one attached hydrogen (secondary N) is 1. The second-order valence-electron chi connectivity index (χ2n) is 4.96. The maximum absolute atomic E-state index is 4.78. The van der Waals surface area contributed by atoms with Crippen LogP contribution in [0.3, 0.4) is 0 Å². The van der Waals surface area contributed by atoms with Crippen molar-refractivity contribution in [2.45, 2.75) is 12.5 Å². The van der Waals surface area contributed by atoms with Crippen LogP contribution in [0.2, 0.25) is 0 Å². The molecule has 0 bridgehead atoms. The second-order valence-corrected chi connectivity index (χ2v) is 4.96. The number of hydrogen-bond acceptors (Lipinski definition) is 2.